The Labute approximate surface area is 201 Å². The Kier molecular flexibility index (Phi) is 6.53. The predicted molar refractivity (Wildman–Crippen MR) is 118 cm³/mol. The number of benzene rings is 2. The first-order valence-electron chi connectivity index (χ1n) is 10.8. The molecule has 180 valence electrons. The monoisotopic (exact) mass is 478 g/mol. The molecule has 4 rings (SSSR count). The minimum atomic E-state index is -2.22. The van der Waals surface area contributed by atoms with Crippen LogP contribution in [-0.2, 0) is 38.2 Å². The molecule has 2 fully saturated rings. The maximum atomic E-state index is 13.6. The van der Waals surface area contributed by atoms with Gasteiger partial charge in [0.2, 0.25) is 0 Å². The summed E-state index contributed by atoms with van der Waals surface area (Å²) in [6.07, 6.45) is -1.27. The molecule has 35 heavy (non-hydrogen) atoms. The van der Waals surface area contributed by atoms with E-state index < -0.39 is 54.4 Å². The number of rotatable bonds is 7. The zero-order valence-corrected chi connectivity index (χ0v) is 18.8. The zero-order valence-electron chi connectivity index (χ0n) is 18.8. The standard InChI is InChI=1S/C25H22N2O8/c1-17(28)32-15-24(26-2)16-33-27(22(24)30)25(14-13-20(29)35-25)23(31)34-21(18-9-5-3-6-10-18)19-11-7-4-8-12-19/h3-12,21H,13-16H2,1H3. The molecule has 0 aliphatic carbocycles. The first-order valence-corrected chi connectivity index (χ1v) is 10.8. The molecule has 0 bridgehead atoms. The fourth-order valence-corrected chi connectivity index (χ4v) is 3.90. The third kappa shape index (κ3) is 4.46. The van der Waals surface area contributed by atoms with Crippen LogP contribution >= 0.6 is 0 Å². The molecule has 0 saturated carbocycles. The lowest BCUT2D eigenvalue weighted by atomic mass is 10.00. The van der Waals surface area contributed by atoms with Crippen molar-refractivity contribution in [1.29, 1.82) is 0 Å². The van der Waals surface area contributed by atoms with E-state index in [4.69, 9.17) is 25.6 Å². The maximum Gasteiger partial charge on any atom is 0.376 e. The number of hydroxylamine groups is 2. The van der Waals surface area contributed by atoms with E-state index in [1.807, 2.05) is 12.1 Å². The van der Waals surface area contributed by atoms with E-state index in [2.05, 4.69) is 4.85 Å². The molecule has 2 atom stereocenters. The number of ether oxygens (including phenoxy) is 3. The highest BCUT2D eigenvalue weighted by Gasteiger charge is 2.67. The number of carbonyl (C=O) groups excluding carboxylic acids is 4. The number of nitrogens with zero attached hydrogens (tertiary/aromatic N) is 2. The van der Waals surface area contributed by atoms with Crippen molar-refractivity contribution in [3.63, 3.8) is 0 Å². The lowest BCUT2D eigenvalue weighted by Gasteiger charge is -2.33. The van der Waals surface area contributed by atoms with Crippen molar-refractivity contribution in [2.75, 3.05) is 13.2 Å². The Morgan fingerprint density at radius 3 is 2.17 bits per heavy atom. The average Bonchev–Trinajstić information content (AvgIpc) is 3.43. The molecule has 1 amide bonds. The van der Waals surface area contributed by atoms with E-state index in [0.717, 1.165) is 6.92 Å². The van der Waals surface area contributed by atoms with E-state index in [-0.39, 0.29) is 12.8 Å². The summed E-state index contributed by atoms with van der Waals surface area (Å²) >= 11 is 0. The summed E-state index contributed by atoms with van der Waals surface area (Å²) in [6.45, 7) is 7.59. The van der Waals surface area contributed by atoms with Crippen LogP contribution in [0.25, 0.3) is 4.85 Å². The molecule has 2 aliphatic rings. The van der Waals surface area contributed by atoms with E-state index in [0.29, 0.717) is 16.2 Å². The maximum absolute atomic E-state index is 13.6. The highest BCUT2D eigenvalue weighted by Crippen LogP contribution is 2.40. The molecule has 0 N–H and O–H groups in total. The summed E-state index contributed by atoms with van der Waals surface area (Å²) in [5.41, 5.74) is -2.82. The summed E-state index contributed by atoms with van der Waals surface area (Å²) in [5, 5.41) is 0.592. The van der Waals surface area contributed by atoms with Gasteiger partial charge in [0.05, 0.1) is 6.42 Å². The zero-order chi connectivity index (χ0) is 25.1. The van der Waals surface area contributed by atoms with Crippen molar-refractivity contribution in [2.45, 2.75) is 37.1 Å². The molecule has 0 radical (unpaired) electrons. The highest BCUT2D eigenvalue weighted by molar-refractivity contribution is 5.96. The van der Waals surface area contributed by atoms with Crippen LogP contribution in [-0.4, -0.2) is 53.4 Å². The Morgan fingerprint density at radius 2 is 1.69 bits per heavy atom. The summed E-state index contributed by atoms with van der Waals surface area (Å²) in [5.74, 6) is -3.40. The van der Waals surface area contributed by atoms with E-state index in [1.54, 1.807) is 48.5 Å². The highest BCUT2D eigenvalue weighted by atomic mass is 16.8. The Bertz CT molecular complexity index is 1140. The number of hydrogen-bond donors (Lipinski definition) is 0. The predicted octanol–water partition coefficient (Wildman–Crippen LogP) is 2.35. The topological polar surface area (TPSA) is 113 Å². The van der Waals surface area contributed by atoms with Crippen LogP contribution in [0.5, 0.6) is 0 Å². The number of amides is 1. The van der Waals surface area contributed by atoms with Crippen LogP contribution in [0.4, 0.5) is 0 Å². The molecule has 2 unspecified atom stereocenters. The van der Waals surface area contributed by atoms with Gasteiger partial charge in [-0.05, 0) is 11.1 Å². The van der Waals surface area contributed by atoms with E-state index >= 15 is 0 Å². The van der Waals surface area contributed by atoms with Crippen LogP contribution in [0.15, 0.2) is 60.7 Å². The quantitative estimate of drug-likeness (QED) is 0.339. The van der Waals surface area contributed by atoms with Crippen molar-refractivity contribution in [3.8, 4) is 0 Å². The number of carbonyl (C=O) groups is 4. The average molecular weight is 478 g/mol. The second-order valence-corrected chi connectivity index (χ2v) is 8.16. The largest absolute Gasteiger partial charge is 0.456 e. The minimum absolute atomic E-state index is 0.168. The Balaban J connectivity index is 1.67. The lowest BCUT2D eigenvalue weighted by molar-refractivity contribution is -0.260. The molecule has 2 aliphatic heterocycles. The van der Waals surface area contributed by atoms with Crippen LogP contribution in [0, 0.1) is 6.57 Å². The Morgan fingerprint density at radius 1 is 1.09 bits per heavy atom. The molecule has 10 heteroatoms. The van der Waals surface area contributed by atoms with Crippen LogP contribution in [0.1, 0.15) is 37.0 Å². The smallest absolute Gasteiger partial charge is 0.376 e. The Hall–Kier alpha value is -4.23. The summed E-state index contributed by atoms with van der Waals surface area (Å²) in [7, 11) is 0. The van der Waals surface area contributed by atoms with Gasteiger partial charge in [0.25, 0.3) is 0 Å². The number of esters is 3. The normalized spacial score (nSPS) is 23.6. The number of cyclic esters (lactones) is 1. The molecular weight excluding hydrogens is 456 g/mol. The lowest BCUT2D eigenvalue weighted by Crippen LogP contribution is -2.58. The SMILES string of the molecule is [C-]#[N+]C1(COC(C)=O)CON(C2(C(=O)OC(c3ccccc3)c3ccccc3)CCC(=O)O2)C1=O. The van der Waals surface area contributed by atoms with Crippen molar-refractivity contribution >= 4 is 23.8 Å². The third-order valence-corrected chi connectivity index (χ3v) is 5.77. The van der Waals surface area contributed by atoms with Crippen LogP contribution in [0.2, 0.25) is 0 Å². The van der Waals surface area contributed by atoms with Crippen molar-refractivity contribution in [2.24, 2.45) is 0 Å². The molecule has 2 aromatic rings. The van der Waals surface area contributed by atoms with Gasteiger partial charge in [-0.15, -0.1) is 0 Å². The molecule has 2 heterocycles. The van der Waals surface area contributed by atoms with Gasteiger partial charge in [-0.1, -0.05) is 60.7 Å². The van der Waals surface area contributed by atoms with Crippen LogP contribution < -0.4 is 0 Å². The first kappa shape index (κ1) is 23.9. The van der Waals surface area contributed by atoms with E-state index in [9.17, 15) is 19.2 Å². The second kappa shape index (κ2) is 9.56. The van der Waals surface area contributed by atoms with Crippen molar-refractivity contribution < 1.29 is 38.2 Å². The van der Waals surface area contributed by atoms with Gasteiger partial charge in [0, 0.05) is 13.3 Å². The molecule has 2 saturated heterocycles. The molecule has 0 aromatic heterocycles. The fraction of sp³-hybridized carbons (Fsp3) is 0.320. The summed E-state index contributed by atoms with van der Waals surface area (Å²) in [4.78, 5) is 59.1. The second-order valence-electron chi connectivity index (χ2n) is 8.16. The summed E-state index contributed by atoms with van der Waals surface area (Å²) in [6, 6.07) is 17.9. The van der Waals surface area contributed by atoms with Crippen molar-refractivity contribution in [1.82, 2.24) is 5.06 Å². The number of hydrogen-bond acceptors (Lipinski definition) is 8. The van der Waals surface area contributed by atoms with Gasteiger partial charge in [0.15, 0.2) is 19.3 Å². The van der Waals surface area contributed by atoms with E-state index in [1.165, 1.54) is 0 Å². The molecule has 2 aromatic carbocycles. The van der Waals surface area contributed by atoms with Gasteiger partial charge in [-0.3, -0.25) is 24.1 Å². The molecule has 10 nitrogen and oxygen atoms in total. The first-order chi connectivity index (χ1) is 16.8. The van der Waals surface area contributed by atoms with Gasteiger partial charge < -0.3 is 14.2 Å². The van der Waals surface area contributed by atoms with Gasteiger partial charge >= 0.3 is 35.1 Å². The van der Waals surface area contributed by atoms with Gasteiger partial charge in [-0.25, -0.2) is 11.4 Å². The van der Waals surface area contributed by atoms with Gasteiger partial charge in [0.1, 0.15) is 0 Å². The van der Waals surface area contributed by atoms with Crippen molar-refractivity contribution in [3.05, 3.63) is 83.2 Å². The molecular formula is C25H22N2O8. The summed E-state index contributed by atoms with van der Waals surface area (Å²) < 4.78 is 16.1. The van der Waals surface area contributed by atoms with Gasteiger partial charge in [-0.2, -0.15) is 5.06 Å². The van der Waals surface area contributed by atoms with Crippen LogP contribution in [0.3, 0.4) is 0 Å². The fourth-order valence-electron chi connectivity index (χ4n) is 3.90. The third-order valence-electron chi connectivity index (χ3n) is 5.77. The molecule has 0 spiro atoms. The minimum Gasteiger partial charge on any atom is -0.456 e.